The first-order chi connectivity index (χ1) is 14.4. The van der Waals surface area contributed by atoms with Gasteiger partial charge < -0.3 is 9.84 Å². The maximum Gasteiger partial charge on any atom is 0.275 e. The molecule has 0 atom stereocenters. The van der Waals surface area contributed by atoms with Gasteiger partial charge >= 0.3 is 0 Å². The first-order valence-electron chi connectivity index (χ1n) is 8.71. The Kier molecular flexibility index (Phi) is 6.76. The molecule has 0 fully saturated rings. The molecule has 0 heterocycles. The summed E-state index contributed by atoms with van der Waals surface area (Å²) in [6.45, 7) is 0.251. The molecule has 3 aromatic carbocycles. The van der Waals surface area contributed by atoms with Crippen LogP contribution in [0.15, 0.2) is 76.3 Å². The van der Waals surface area contributed by atoms with Crippen molar-refractivity contribution in [3.8, 4) is 11.5 Å². The van der Waals surface area contributed by atoms with E-state index < -0.39 is 10.8 Å². The van der Waals surface area contributed by atoms with Gasteiger partial charge in [0.25, 0.3) is 11.6 Å². The minimum Gasteiger partial charge on any atom is -0.507 e. The Hall–Kier alpha value is -3.72. The van der Waals surface area contributed by atoms with Crippen LogP contribution in [0.25, 0.3) is 0 Å². The van der Waals surface area contributed by atoms with Crippen LogP contribution in [0.4, 0.5) is 5.69 Å². The Morgan fingerprint density at radius 3 is 2.57 bits per heavy atom. The van der Waals surface area contributed by atoms with Crippen molar-refractivity contribution in [1.29, 1.82) is 0 Å². The highest BCUT2D eigenvalue weighted by Gasteiger charge is 2.09. The van der Waals surface area contributed by atoms with E-state index in [9.17, 15) is 20.0 Å². The van der Waals surface area contributed by atoms with Crippen molar-refractivity contribution >= 4 is 33.7 Å². The molecule has 1 amide bonds. The topological polar surface area (TPSA) is 114 Å². The first kappa shape index (κ1) is 21.0. The molecule has 30 heavy (non-hydrogen) atoms. The number of carbonyl (C=O) groups excluding carboxylic acids is 1. The van der Waals surface area contributed by atoms with E-state index in [4.69, 9.17) is 4.74 Å². The number of non-ortho nitro benzene ring substituents is 1. The number of halogens is 1. The number of rotatable bonds is 7. The molecule has 0 saturated carbocycles. The highest BCUT2D eigenvalue weighted by Crippen LogP contribution is 2.26. The molecule has 0 saturated heterocycles. The number of amides is 1. The molecule has 2 N–H and O–H groups in total. The van der Waals surface area contributed by atoms with Crippen molar-refractivity contribution in [3.05, 3.63) is 98.0 Å². The summed E-state index contributed by atoms with van der Waals surface area (Å²) in [4.78, 5) is 22.2. The average molecular weight is 470 g/mol. The zero-order valence-corrected chi connectivity index (χ0v) is 17.1. The Bertz CT molecular complexity index is 1100. The second-order valence-corrected chi connectivity index (χ2v) is 6.97. The molecule has 0 aliphatic heterocycles. The van der Waals surface area contributed by atoms with Crippen LogP contribution in [-0.4, -0.2) is 22.2 Å². The summed E-state index contributed by atoms with van der Waals surface area (Å²) in [5.74, 6) is -0.0577. The third-order valence-electron chi connectivity index (χ3n) is 4.03. The minimum atomic E-state index is -0.522. The lowest BCUT2D eigenvalue weighted by molar-refractivity contribution is -0.384. The molecule has 3 rings (SSSR count). The van der Waals surface area contributed by atoms with Gasteiger partial charge in [0.15, 0.2) is 0 Å². The molecular formula is C21H16BrN3O5. The van der Waals surface area contributed by atoms with Crippen molar-refractivity contribution in [1.82, 2.24) is 5.43 Å². The van der Waals surface area contributed by atoms with Gasteiger partial charge in [0.1, 0.15) is 18.1 Å². The number of ether oxygens (including phenoxy) is 1. The van der Waals surface area contributed by atoms with Crippen molar-refractivity contribution < 1.29 is 19.6 Å². The highest BCUT2D eigenvalue weighted by atomic mass is 79.9. The lowest BCUT2D eigenvalue weighted by Gasteiger charge is -2.09. The number of phenolic OH excluding ortho intramolecular Hbond substituents is 1. The highest BCUT2D eigenvalue weighted by molar-refractivity contribution is 9.10. The van der Waals surface area contributed by atoms with Gasteiger partial charge in [-0.3, -0.25) is 14.9 Å². The van der Waals surface area contributed by atoms with Crippen LogP contribution >= 0.6 is 15.9 Å². The van der Waals surface area contributed by atoms with Crippen LogP contribution < -0.4 is 10.2 Å². The van der Waals surface area contributed by atoms with E-state index in [1.807, 2.05) is 0 Å². The van der Waals surface area contributed by atoms with Gasteiger partial charge in [-0.25, -0.2) is 5.43 Å². The van der Waals surface area contributed by atoms with Gasteiger partial charge in [-0.15, -0.1) is 0 Å². The van der Waals surface area contributed by atoms with Crippen LogP contribution in [0.1, 0.15) is 21.5 Å². The van der Waals surface area contributed by atoms with E-state index in [0.29, 0.717) is 15.8 Å². The number of hydrogen-bond donors (Lipinski definition) is 2. The molecule has 3 aromatic rings. The number of nitro benzene ring substituents is 1. The summed E-state index contributed by atoms with van der Waals surface area (Å²) in [7, 11) is 0. The molecule has 0 aromatic heterocycles. The van der Waals surface area contributed by atoms with E-state index in [-0.39, 0.29) is 23.6 Å². The minimum absolute atomic E-state index is 0.0261. The second-order valence-electron chi connectivity index (χ2n) is 6.12. The molecule has 0 bridgehead atoms. The SMILES string of the molecule is O=C(N/N=C\c1ccc(OCc2ccc([N+](=O)[O-])cc2)c(Br)c1)c1ccccc1O. The standard InChI is InChI=1S/C21H16BrN3O5/c22-18-11-15(12-23-24-21(27)17-3-1-2-4-19(17)26)7-10-20(18)30-13-14-5-8-16(9-6-14)25(28)29/h1-12,26H,13H2,(H,24,27)/b23-12-. The quantitative estimate of drug-likeness (QED) is 0.302. The fourth-order valence-corrected chi connectivity index (χ4v) is 2.99. The van der Waals surface area contributed by atoms with Crippen LogP contribution in [0.5, 0.6) is 11.5 Å². The maximum atomic E-state index is 12.0. The number of benzene rings is 3. The van der Waals surface area contributed by atoms with Crippen molar-refractivity contribution in [3.63, 3.8) is 0 Å². The number of nitro groups is 1. The lowest BCUT2D eigenvalue weighted by atomic mass is 10.2. The summed E-state index contributed by atoms with van der Waals surface area (Å²) < 4.78 is 6.41. The number of nitrogens with one attached hydrogen (secondary N) is 1. The van der Waals surface area contributed by atoms with Crippen molar-refractivity contribution in [2.75, 3.05) is 0 Å². The van der Waals surface area contributed by atoms with E-state index in [2.05, 4.69) is 26.5 Å². The zero-order valence-electron chi connectivity index (χ0n) is 15.5. The monoisotopic (exact) mass is 469 g/mol. The van der Waals surface area contributed by atoms with Crippen LogP contribution in [-0.2, 0) is 6.61 Å². The second kappa shape index (κ2) is 9.66. The number of carbonyl (C=O) groups is 1. The Labute approximate surface area is 180 Å². The van der Waals surface area contributed by atoms with Crippen molar-refractivity contribution in [2.24, 2.45) is 5.10 Å². The number of para-hydroxylation sites is 1. The molecule has 0 radical (unpaired) electrons. The fourth-order valence-electron chi connectivity index (χ4n) is 2.48. The summed E-state index contributed by atoms with van der Waals surface area (Å²) in [6.07, 6.45) is 1.46. The molecule has 0 aliphatic rings. The summed E-state index contributed by atoms with van der Waals surface area (Å²) >= 11 is 3.42. The maximum absolute atomic E-state index is 12.0. The largest absolute Gasteiger partial charge is 0.507 e. The van der Waals surface area contributed by atoms with Gasteiger partial charge in [-0.05, 0) is 69.5 Å². The average Bonchev–Trinajstić information content (AvgIpc) is 2.73. The lowest BCUT2D eigenvalue weighted by Crippen LogP contribution is -2.17. The Balaban J connectivity index is 1.58. The number of aromatic hydroxyl groups is 1. The first-order valence-corrected chi connectivity index (χ1v) is 9.50. The molecule has 9 heteroatoms. The van der Waals surface area contributed by atoms with Gasteiger partial charge in [-0.2, -0.15) is 5.10 Å². The Morgan fingerprint density at radius 2 is 1.90 bits per heavy atom. The Morgan fingerprint density at radius 1 is 1.17 bits per heavy atom. The summed E-state index contributed by atoms with van der Waals surface area (Å²) in [5, 5.41) is 24.3. The third-order valence-corrected chi connectivity index (χ3v) is 4.65. The molecular weight excluding hydrogens is 454 g/mol. The molecule has 0 aliphatic carbocycles. The van der Waals surface area contributed by atoms with Gasteiger partial charge in [-0.1, -0.05) is 12.1 Å². The van der Waals surface area contributed by atoms with Crippen LogP contribution in [0.3, 0.4) is 0 Å². The van der Waals surface area contributed by atoms with Crippen molar-refractivity contribution in [2.45, 2.75) is 6.61 Å². The predicted octanol–water partition coefficient (Wildman–Crippen LogP) is 4.41. The van der Waals surface area contributed by atoms with Gasteiger partial charge in [0.05, 0.1) is 21.2 Å². The van der Waals surface area contributed by atoms with E-state index in [1.54, 1.807) is 42.5 Å². The predicted molar refractivity (Wildman–Crippen MR) is 115 cm³/mol. The van der Waals surface area contributed by atoms with Crippen LogP contribution in [0, 0.1) is 10.1 Å². The smallest absolute Gasteiger partial charge is 0.275 e. The van der Waals surface area contributed by atoms with Gasteiger partial charge in [0.2, 0.25) is 0 Å². The van der Waals surface area contributed by atoms with E-state index in [1.165, 1.54) is 30.5 Å². The number of nitrogens with zero attached hydrogens (tertiary/aromatic N) is 2. The molecule has 0 unspecified atom stereocenters. The molecule has 152 valence electrons. The summed E-state index contributed by atoms with van der Waals surface area (Å²) in [6, 6.07) is 17.6. The molecule has 8 nitrogen and oxygen atoms in total. The van der Waals surface area contributed by atoms with E-state index in [0.717, 1.165) is 5.56 Å². The fraction of sp³-hybridized carbons (Fsp3) is 0.0476. The van der Waals surface area contributed by atoms with Crippen LogP contribution in [0.2, 0.25) is 0 Å². The zero-order chi connectivity index (χ0) is 21.5. The third kappa shape index (κ3) is 5.42. The van der Waals surface area contributed by atoms with E-state index >= 15 is 0 Å². The van der Waals surface area contributed by atoms with Gasteiger partial charge in [0, 0.05) is 12.1 Å². The summed E-state index contributed by atoms with van der Waals surface area (Å²) in [5.41, 5.74) is 4.02. The number of hydrazone groups is 1. The molecule has 0 spiro atoms. The number of hydrogen-bond acceptors (Lipinski definition) is 6. The normalized spacial score (nSPS) is 10.7. The number of phenols is 1.